The van der Waals surface area contributed by atoms with Crippen LogP contribution in [0.1, 0.15) is 13.8 Å². The molecule has 0 amide bonds. The van der Waals surface area contributed by atoms with Gasteiger partial charge in [-0.15, -0.1) is 6.58 Å². The molecular formula is C15H23N5O4. The van der Waals surface area contributed by atoms with Crippen molar-refractivity contribution in [1.82, 2.24) is 19.1 Å². The molecule has 2 heterocycles. The topological polar surface area (TPSA) is 114 Å². The minimum Gasteiger partial charge on any atom is -0.389 e. The van der Waals surface area contributed by atoms with Crippen molar-refractivity contribution in [3.05, 3.63) is 33.5 Å². The summed E-state index contributed by atoms with van der Waals surface area (Å²) in [6, 6.07) is 0. The fourth-order valence-electron chi connectivity index (χ4n) is 2.28. The van der Waals surface area contributed by atoms with E-state index in [1.165, 1.54) is 11.6 Å². The van der Waals surface area contributed by atoms with E-state index in [0.717, 1.165) is 0 Å². The molecule has 2 aromatic rings. The molecule has 9 heteroatoms. The average molecular weight is 337 g/mol. The molecule has 0 aliphatic rings. The van der Waals surface area contributed by atoms with Crippen molar-refractivity contribution in [1.29, 1.82) is 0 Å². The van der Waals surface area contributed by atoms with Gasteiger partial charge >= 0.3 is 5.69 Å². The lowest BCUT2D eigenvalue weighted by molar-refractivity contribution is -0.000103. The first-order valence-electron chi connectivity index (χ1n) is 7.69. The number of aliphatic hydroxyl groups is 1. The van der Waals surface area contributed by atoms with Gasteiger partial charge in [0.2, 0.25) is 5.95 Å². The summed E-state index contributed by atoms with van der Waals surface area (Å²) in [6.07, 6.45) is 0.804. The van der Waals surface area contributed by atoms with Gasteiger partial charge in [0.25, 0.3) is 5.56 Å². The number of aliphatic hydroxyl groups excluding tert-OH is 1. The minimum atomic E-state index is -0.828. The number of hydrogen-bond acceptors (Lipinski definition) is 6. The quantitative estimate of drug-likeness (QED) is 0.575. The van der Waals surface area contributed by atoms with E-state index in [2.05, 4.69) is 21.9 Å². The molecule has 132 valence electrons. The monoisotopic (exact) mass is 337 g/mol. The standard InChI is InChI=1S/C15H23N5O4/c1-5-6-16-14-17-12-11(13(22)18-15(23)19(12)4)20(14)7-10(21)8-24-9(2)3/h5,9-10,21H,1,6-8H2,2-4H3,(H,16,17)(H,18,22,23)/t10-/m1/s1. The molecule has 24 heavy (non-hydrogen) atoms. The second kappa shape index (κ2) is 7.45. The van der Waals surface area contributed by atoms with E-state index < -0.39 is 17.4 Å². The van der Waals surface area contributed by atoms with Crippen LogP contribution < -0.4 is 16.6 Å². The molecule has 0 aromatic carbocycles. The van der Waals surface area contributed by atoms with E-state index in [-0.39, 0.29) is 30.4 Å². The second-order valence-corrected chi connectivity index (χ2v) is 5.74. The third kappa shape index (κ3) is 3.74. The zero-order chi connectivity index (χ0) is 17.9. The summed E-state index contributed by atoms with van der Waals surface area (Å²) in [5.74, 6) is 0.375. The molecule has 0 aliphatic heterocycles. The Balaban J connectivity index is 2.48. The summed E-state index contributed by atoms with van der Waals surface area (Å²) in [5.41, 5.74) is -0.639. The van der Waals surface area contributed by atoms with E-state index in [1.807, 2.05) is 13.8 Å². The Morgan fingerprint density at radius 1 is 1.46 bits per heavy atom. The Labute approximate surface area is 138 Å². The molecule has 0 saturated heterocycles. The Kier molecular flexibility index (Phi) is 5.58. The fourth-order valence-corrected chi connectivity index (χ4v) is 2.28. The highest BCUT2D eigenvalue weighted by molar-refractivity contribution is 5.74. The normalized spacial score (nSPS) is 12.7. The van der Waals surface area contributed by atoms with Gasteiger partial charge in [0.1, 0.15) is 0 Å². The number of imidazole rings is 1. The van der Waals surface area contributed by atoms with Gasteiger partial charge in [-0.1, -0.05) is 6.08 Å². The summed E-state index contributed by atoms with van der Waals surface area (Å²) in [4.78, 5) is 30.5. The average Bonchev–Trinajstić information content (AvgIpc) is 2.87. The van der Waals surface area contributed by atoms with Gasteiger partial charge in [0, 0.05) is 13.6 Å². The predicted molar refractivity (Wildman–Crippen MR) is 91.4 cm³/mol. The molecule has 9 nitrogen and oxygen atoms in total. The van der Waals surface area contributed by atoms with Crippen molar-refractivity contribution in [2.24, 2.45) is 7.05 Å². The van der Waals surface area contributed by atoms with Gasteiger partial charge < -0.3 is 19.7 Å². The highest BCUT2D eigenvalue weighted by Gasteiger charge is 2.19. The predicted octanol–water partition coefficient (Wildman–Crippen LogP) is -0.193. The number of fused-ring (bicyclic) bond motifs is 1. The summed E-state index contributed by atoms with van der Waals surface area (Å²) >= 11 is 0. The molecule has 2 aromatic heterocycles. The van der Waals surface area contributed by atoms with E-state index in [4.69, 9.17) is 4.74 Å². The molecule has 1 atom stereocenters. The number of nitrogens with one attached hydrogen (secondary N) is 2. The fraction of sp³-hybridized carbons (Fsp3) is 0.533. The van der Waals surface area contributed by atoms with Crippen LogP contribution in [0.25, 0.3) is 11.2 Å². The zero-order valence-electron chi connectivity index (χ0n) is 14.1. The molecule has 0 aliphatic carbocycles. The van der Waals surface area contributed by atoms with E-state index in [1.54, 1.807) is 10.6 Å². The summed E-state index contributed by atoms with van der Waals surface area (Å²) in [7, 11) is 1.52. The molecule has 2 rings (SSSR count). The molecule has 3 N–H and O–H groups in total. The molecule has 0 saturated carbocycles. The summed E-state index contributed by atoms with van der Waals surface area (Å²) in [5, 5.41) is 13.2. The van der Waals surface area contributed by atoms with Crippen LogP contribution in [0.15, 0.2) is 22.2 Å². The Morgan fingerprint density at radius 3 is 2.79 bits per heavy atom. The first-order valence-corrected chi connectivity index (χ1v) is 7.69. The van der Waals surface area contributed by atoms with Crippen LogP contribution in [-0.2, 0) is 18.3 Å². The van der Waals surface area contributed by atoms with E-state index in [0.29, 0.717) is 12.5 Å². The Bertz CT molecular complexity index is 833. The number of hydrogen-bond donors (Lipinski definition) is 3. The number of aromatic nitrogens is 4. The maximum Gasteiger partial charge on any atom is 0.329 e. The first kappa shape index (κ1) is 18.0. The molecule has 0 spiro atoms. The van der Waals surface area contributed by atoms with Gasteiger partial charge in [-0.3, -0.25) is 14.3 Å². The van der Waals surface area contributed by atoms with Crippen LogP contribution in [-0.4, -0.2) is 49.6 Å². The van der Waals surface area contributed by atoms with Gasteiger partial charge in [0.05, 0.1) is 25.4 Å². The smallest absolute Gasteiger partial charge is 0.329 e. The second-order valence-electron chi connectivity index (χ2n) is 5.74. The largest absolute Gasteiger partial charge is 0.389 e. The van der Waals surface area contributed by atoms with Gasteiger partial charge in [-0.05, 0) is 13.8 Å². The minimum absolute atomic E-state index is 0.0123. The van der Waals surface area contributed by atoms with Crippen molar-refractivity contribution >= 4 is 17.1 Å². The van der Waals surface area contributed by atoms with Crippen molar-refractivity contribution in [2.45, 2.75) is 32.6 Å². The number of rotatable bonds is 8. The van der Waals surface area contributed by atoms with Gasteiger partial charge in [-0.25, -0.2) is 4.79 Å². The highest BCUT2D eigenvalue weighted by atomic mass is 16.5. The molecule has 0 fully saturated rings. The van der Waals surface area contributed by atoms with Crippen molar-refractivity contribution in [3.63, 3.8) is 0 Å². The number of anilines is 1. The lowest BCUT2D eigenvalue weighted by Gasteiger charge is -2.16. The van der Waals surface area contributed by atoms with Gasteiger partial charge in [0.15, 0.2) is 11.2 Å². The van der Waals surface area contributed by atoms with Crippen molar-refractivity contribution in [3.8, 4) is 0 Å². The number of ether oxygens (including phenoxy) is 1. The molecule has 0 unspecified atom stereocenters. The first-order chi connectivity index (χ1) is 11.3. The van der Waals surface area contributed by atoms with Crippen LogP contribution in [0.4, 0.5) is 5.95 Å². The van der Waals surface area contributed by atoms with Crippen LogP contribution >= 0.6 is 0 Å². The Morgan fingerprint density at radius 2 is 2.17 bits per heavy atom. The SMILES string of the molecule is C=CCNc1nc2c(c(=O)[nH]c(=O)n2C)n1C[C@@H](O)COC(C)C. The molecular weight excluding hydrogens is 314 g/mol. The van der Waals surface area contributed by atoms with E-state index in [9.17, 15) is 14.7 Å². The van der Waals surface area contributed by atoms with Crippen LogP contribution in [0, 0.1) is 0 Å². The van der Waals surface area contributed by atoms with E-state index >= 15 is 0 Å². The summed E-state index contributed by atoms with van der Waals surface area (Å²) in [6.45, 7) is 8.02. The van der Waals surface area contributed by atoms with Crippen LogP contribution in [0.2, 0.25) is 0 Å². The van der Waals surface area contributed by atoms with Crippen LogP contribution in [0.5, 0.6) is 0 Å². The van der Waals surface area contributed by atoms with Gasteiger partial charge in [-0.2, -0.15) is 4.98 Å². The Hall–Kier alpha value is -2.39. The highest BCUT2D eigenvalue weighted by Crippen LogP contribution is 2.16. The maximum absolute atomic E-state index is 12.2. The number of aromatic amines is 1. The maximum atomic E-state index is 12.2. The number of H-pyrrole nitrogens is 1. The summed E-state index contributed by atoms with van der Waals surface area (Å²) < 4.78 is 8.20. The lowest BCUT2D eigenvalue weighted by Crippen LogP contribution is -2.30. The number of nitrogens with zero attached hydrogens (tertiary/aromatic N) is 3. The van der Waals surface area contributed by atoms with Crippen LogP contribution in [0.3, 0.4) is 0 Å². The molecule has 0 bridgehead atoms. The third-order valence-corrected chi connectivity index (χ3v) is 3.43. The zero-order valence-corrected chi connectivity index (χ0v) is 14.1. The number of aryl methyl sites for hydroxylation is 1. The lowest BCUT2D eigenvalue weighted by atomic mass is 10.3. The molecule has 0 radical (unpaired) electrons. The third-order valence-electron chi connectivity index (χ3n) is 3.43. The van der Waals surface area contributed by atoms with Crippen molar-refractivity contribution in [2.75, 3.05) is 18.5 Å². The van der Waals surface area contributed by atoms with Crippen molar-refractivity contribution < 1.29 is 9.84 Å².